The summed E-state index contributed by atoms with van der Waals surface area (Å²) in [6.07, 6.45) is 9.31. The predicted molar refractivity (Wildman–Crippen MR) is 134 cm³/mol. The van der Waals surface area contributed by atoms with Crippen molar-refractivity contribution in [1.29, 1.82) is 0 Å². The van der Waals surface area contributed by atoms with E-state index >= 15 is 0 Å². The number of nitrogens with one attached hydrogen (secondary N) is 1. The topological polar surface area (TPSA) is 103 Å². The van der Waals surface area contributed by atoms with Crippen LogP contribution in [0.5, 0.6) is 10.8 Å². The number of anilines is 2. The average molecular weight is 472 g/mol. The van der Waals surface area contributed by atoms with Gasteiger partial charge in [-0.1, -0.05) is 60.9 Å². The van der Waals surface area contributed by atoms with E-state index < -0.39 is 5.91 Å². The van der Waals surface area contributed by atoms with E-state index in [1.807, 2.05) is 30.3 Å². The molecule has 5 rings (SSSR count). The van der Waals surface area contributed by atoms with Gasteiger partial charge in [0.1, 0.15) is 28.1 Å². The maximum Gasteiger partial charge on any atom is 0.250 e. The standard InChI is InChI=1S/C26H25N5O2S/c27-24(32)19-11-12-21(29-16-19)30-22-15-20(13-14-28-22)33-26-23(17-7-3-1-4-8-17)31-25(34-26)18-9-5-2-6-10-18/h1,3-4,7-8,11-16,18H,2,5-6,9-10H2,(H2,27,32)(H,28,29,30). The van der Waals surface area contributed by atoms with Gasteiger partial charge in [-0.05, 0) is 31.0 Å². The lowest BCUT2D eigenvalue weighted by atomic mass is 9.90. The molecule has 34 heavy (non-hydrogen) atoms. The van der Waals surface area contributed by atoms with Gasteiger partial charge in [-0.25, -0.2) is 15.0 Å². The van der Waals surface area contributed by atoms with E-state index in [-0.39, 0.29) is 0 Å². The lowest BCUT2D eigenvalue weighted by Crippen LogP contribution is -2.11. The Hall–Kier alpha value is -3.78. The van der Waals surface area contributed by atoms with Gasteiger partial charge in [-0.3, -0.25) is 4.79 Å². The molecule has 0 atom stereocenters. The minimum Gasteiger partial charge on any atom is -0.444 e. The first-order valence-electron chi connectivity index (χ1n) is 11.4. The number of hydrogen-bond donors (Lipinski definition) is 2. The number of nitrogens with two attached hydrogens (primary N) is 1. The minimum atomic E-state index is -0.515. The Balaban J connectivity index is 1.40. The number of nitrogens with zero attached hydrogens (tertiary/aromatic N) is 3. The molecule has 8 heteroatoms. The minimum absolute atomic E-state index is 0.350. The molecule has 4 aromatic rings. The Morgan fingerprint density at radius 2 is 1.82 bits per heavy atom. The number of thiazole rings is 1. The van der Waals surface area contributed by atoms with Crippen molar-refractivity contribution in [2.75, 3.05) is 5.32 Å². The fourth-order valence-corrected chi connectivity index (χ4v) is 5.22. The highest BCUT2D eigenvalue weighted by atomic mass is 32.1. The van der Waals surface area contributed by atoms with Gasteiger partial charge in [0.15, 0.2) is 0 Å². The summed E-state index contributed by atoms with van der Waals surface area (Å²) in [7, 11) is 0. The largest absolute Gasteiger partial charge is 0.444 e. The van der Waals surface area contributed by atoms with Crippen LogP contribution in [0, 0.1) is 0 Å². The predicted octanol–water partition coefficient (Wildman–Crippen LogP) is 6.28. The van der Waals surface area contributed by atoms with Crippen LogP contribution in [0.2, 0.25) is 0 Å². The lowest BCUT2D eigenvalue weighted by Gasteiger charge is -2.18. The third-order valence-corrected chi connectivity index (χ3v) is 6.96. The van der Waals surface area contributed by atoms with E-state index in [2.05, 4.69) is 27.4 Å². The second-order valence-electron chi connectivity index (χ2n) is 8.29. The molecule has 0 radical (unpaired) electrons. The molecule has 0 spiro atoms. The molecule has 0 saturated heterocycles. The molecule has 1 amide bonds. The molecule has 0 aliphatic heterocycles. The van der Waals surface area contributed by atoms with Crippen LogP contribution >= 0.6 is 11.3 Å². The number of carbonyl (C=O) groups excluding carboxylic acids is 1. The molecule has 3 aromatic heterocycles. The summed E-state index contributed by atoms with van der Waals surface area (Å²) in [6.45, 7) is 0. The first-order chi connectivity index (χ1) is 16.7. The number of rotatable bonds is 7. The Bertz CT molecular complexity index is 1270. The van der Waals surface area contributed by atoms with Gasteiger partial charge in [0.25, 0.3) is 0 Å². The maximum absolute atomic E-state index is 11.3. The molecule has 1 aromatic carbocycles. The van der Waals surface area contributed by atoms with E-state index in [0.717, 1.165) is 21.3 Å². The number of aromatic nitrogens is 3. The van der Waals surface area contributed by atoms with Crippen molar-refractivity contribution in [3.05, 3.63) is 77.6 Å². The number of ether oxygens (including phenoxy) is 1. The van der Waals surface area contributed by atoms with Gasteiger partial charge in [0.2, 0.25) is 11.0 Å². The molecule has 3 N–H and O–H groups in total. The first kappa shape index (κ1) is 22.0. The average Bonchev–Trinajstić information content (AvgIpc) is 3.29. The molecule has 3 heterocycles. The van der Waals surface area contributed by atoms with Gasteiger partial charge in [0.05, 0.1) is 5.56 Å². The smallest absolute Gasteiger partial charge is 0.250 e. The highest BCUT2D eigenvalue weighted by Gasteiger charge is 2.23. The maximum atomic E-state index is 11.3. The SMILES string of the molecule is NC(=O)c1ccc(Nc2cc(Oc3sc(C4CCCCC4)nc3-c3ccccc3)ccn2)nc1. The number of hydrogen-bond acceptors (Lipinski definition) is 7. The van der Waals surface area contributed by atoms with Crippen molar-refractivity contribution in [3.63, 3.8) is 0 Å². The molecule has 1 aliphatic carbocycles. The highest BCUT2D eigenvalue weighted by molar-refractivity contribution is 7.14. The summed E-state index contributed by atoms with van der Waals surface area (Å²) in [6, 6.07) is 17.1. The van der Waals surface area contributed by atoms with Crippen LogP contribution in [0.15, 0.2) is 67.0 Å². The Labute approximate surface area is 202 Å². The van der Waals surface area contributed by atoms with Gasteiger partial charge in [-0.15, -0.1) is 0 Å². The van der Waals surface area contributed by atoms with Gasteiger partial charge in [-0.2, -0.15) is 0 Å². The summed E-state index contributed by atoms with van der Waals surface area (Å²) in [5, 5.41) is 5.07. The third-order valence-electron chi connectivity index (χ3n) is 5.86. The van der Waals surface area contributed by atoms with Crippen molar-refractivity contribution in [3.8, 4) is 22.1 Å². The number of pyridine rings is 2. The van der Waals surface area contributed by atoms with Crippen LogP contribution < -0.4 is 15.8 Å². The van der Waals surface area contributed by atoms with Crippen LogP contribution in [0.4, 0.5) is 11.6 Å². The summed E-state index contributed by atoms with van der Waals surface area (Å²) in [5.74, 6) is 1.77. The Morgan fingerprint density at radius 1 is 1.00 bits per heavy atom. The van der Waals surface area contributed by atoms with Gasteiger partial charge < -0.3 is 15.8 Å². The second-order valence-corrected chi connectivity index (χ2v) is 9.28. The second kappa shape index (κ2) is 10.0. The van der Waals surface area contributed by atoms with E-state index in [1.165, 1.54) is 38.3 Å². The Kier molecular flexibility index (Phi) is 6.49. The summed E-state index contributed by atoms with van der Waals surface area (Å²) < 4.78 is 6.36. The highest BCUT2D eigenvalue weighted by Crippen LogP contribution is 2.44. The number of primary amides is 1. The van der Waals surface area contributed by atoms with E-state index in [1.54, 1.807) is 29.7 Å². The molecular weight excluding hydrogens is 446 g/mol. The Morgan fingerprint density at radius 3 is 2.56 bits per heavy atom. The zero-order chi connectivity index (χ0) is 23.3. The number of amides is 1. The molecule has 0 unspecified atom stereocenters. The van der Waals surface area contributed by atoms with Gasteiger partial charge >= 0.3 is 0 Å². The van der Waals surface area contributed by atoms with Crippen molar-refractivity contribution in [2.24, 2.45) is 5.73 Å². The van der Waals surface area contributed by atoms with Gasteiger partial charge in [0, 0.05) is 29.9 Å². The fraction of sp³-hybridized carbons (Fsp3) is 0.231. The molecule has 172 valence electrons. The normalized spacial score (nSPS) is 14.0. The summed E-state index contributed by atoms with van der Waals surface area (Å²) in [4.78, 5) is 24.9. The molecule has 7 nitrogen and oxygen atoms in total. The summed E-state index contributed by atoms with van der Waals surface area (Å²) in [5.41, 5.74) is 7.55. The zero-order valence-electron chi connectivity index (χ0n) is 18.6. The number of benzene rings is 1. The number of carbonyl (C=O) groups is 1. The van der Waals surface area contributed by atoms with Crippen molar-refractivity contribution in [2.45, 2.75) is 38.0 Å². The molecule has 1 saturated carbocycles. The van der Waals surface area contributed by atoms with E-state index in [9.17, 15) is 4.79 Å². The van der Waals surface area contributed by atoms with E-state index in [4.69, 9.17) is 15.5 Å². The third kappa shape index (κ3) is 5.07. The monoisotopic (exact) mass is 471 g/mol. The van der Waals surface area contributed by atoms with E-state index in [0.29, 0.717) is 28.9 Å². The van der Waals surface area contributed by atoms with Crippen LogP contribution in [0.3, 0.4) is 0 Å². The van der Waals surface area contributed by atoms with Crippen molar-refractivity contribution in [1.82, 2.24) is 15.0 Å². The molecular formula is C26H25N5O2S. The van der Waals surface area contributed by atoms with Crippen LogP contribution in [-0.4, -0.2) is 20.9 Å². The fourth-order valence-electron chi connectivity index (χ4n) is 4.09. The summed E-state index contributed by atoms with van der Waals surface area (Å²) >= 11 is 1.64. The van der Waals surface area contributed by atoms with Crippen molar-refractivity contribution < 1.29 is 9.53 Å². The van der Waals surface area contributed by atoms with Crippen molar-refractivity contribution >= 4 is 28.9 Å². The molecule has 1 fully saturated rings. The first-order valence-corrected chi connectivity index (χ1v) is 12.2. The van der Waals surface area contributed by atoms with Crippen LogP contribution in [-0.2, 0) is 0 Å². The lowest BCUT2D eigenvalue weighted by molar-refractivity contribution is 0.1000. The molecule has 1 aliphatic rings. The zero-order valence-corrected chi connectivity index (χ0v) is 19.4. The van der Waals surface area contributed by atoms with Crippen LogP contribution in [0.25, 0.3) is 11.3 Å². The quantitative estimate of drug-likeness (QED) is 0.329. The van der Waals surface area contributed by atoms with Crippen LogP contribution in [0.1, 0.15) is 53.4 Å². The molecule has 0 bridgehead atoms.